The summed E-state index contributed by atoms with van der Waals surface area (Å²) in [5, 5.41) is 8.65. The number of benzene rings is 1. The predicted octanol–water partition coefficient (Wildman–Crippen LogP) is 1.57. The lowest BCUT2D eigenvalue weighted by Crippen LogP contribution is -2.14. The van der Waals surface area contributed by atoms with Crippen molar-refractivity contribution < 1.29 is 0 Å². The van der Waals surface area contributed by atoms with E-state index in [4.69, 9.17) is 5.26 Å². The lowest BCUT2D eigenvalue weighted by molar-refractivity contribution is 0.515. The van der Waals surface area contributed by atoms with Gasteiger partial charge in [-0.3, -0.25) is 4.99 Å². The molecule has 0 saturated carbocycles. The Morgan fingerprint density at radius 1 is 1.43 bits per heavy atom. The molecule has 3 heteroatoms. The van der Waals surface area contributed by atoms with Crippen molar-refractivity contribution in [3.05, 3.63) is 35.4 Å². The van der Waals surface area contributed by atoms with Crippen LogP contribution in [0.3, 0.4) is 0 Å². The van der Waals surface area contributed by atoms with Gasteiger partial charge in [0.2, 0.25) is 0 Å². The third-order valence-corrected chi connectivity index (χ3v) is 2.33. The molecule has 0 aliphatic carbocycles. The lowest BCUT2D eigenvalue weighted by Gasteiger charge is -2.10. The highest BCUT2D eigenvalue weighted by Crippen LogP contribution is 2.21. The van der Waals surface area contributed by atoms with Crippen molar-refractivity contribution in [3.8, 4) is 6.07 Å². The van der Waals surface area contributed by atoms with Crippen LogP contribution in [0.5, 0.6) is 0 Å². The smallest absolute Gasteiger partial charge is 0.0991 e. The molecular weight excluding hydrogens is 174 g/mol. The number of hydrogen-bond acceptors (Lipinski definition) is 3. The molecule has 0 radical (unpaired) electrons. The van der Waals surface area contributed by atoms with E-state index in [0.29, 0.717) is 5.56 Å². The Morgan fingerprint density at radius 2 is 2.14 bits per heavy atom. The molecule has 0 bridgehead atoms. The van der Waals surface area contributed by atoms with E-state index in [0.717, 1.165) is 6.54 Å². The molecular formula is C11H11N3. The molecule has 1 aliphatic rings. The van der Waals surface area contributed by atoms with Gasteiger partial charge in [-0.25, -0.2) is 0 Å². The number of hydrogen-bond donors (Lipinski definition) is 0. The topological polar surface area (TPSA) is 39.4 Å². The number of rotatable bonds is 1. The van der Waals surface area contributed by atoms with Gasteiger partial charge in [0.15, 0.2) is 0 Å². The van der Waals surface area contributed by atoms with Crippen LogP contribution in [-0.4, -0.2) is 24.8 Å². The predicted molar refractivity (Wildman–Crippen MR) is 55.0 cm³/mol. The summed E-state index contributed by atoms with van der Waals surface area (Å²) in [7, 11) is 2.01. The molecule has 0 fully saturated rings. The molecule has 1 aromatic rings. The van der Waals surface area contributed by atoms with Crippen LogP contribution in [0.4, 0.5) is 0 Å². The third kappa shape index (κ3) is 1.60. The SMILES string of the molecule is CN1C=NC(c2ccc(C#N)cc2)C1. The van der Waals surface area contributed by atoms with Crippen molar-refractivity contribution in [2.45, 2.75) is 6.04 Å². The van der Waals surface area contributed by atoms with Gasteiger partial charge < -0.3 is 4.90 Å². The molecule has 0 spiro atoms. The van der Waals surface area contributed by atoms with Gasteiger partial charge in [0.05, 0.1) is 24.0 Å². The number of nitriles is 1. The van der Waals surface area contributed by atoms with Crippen LogP contribution in [0.1, 0.15) is 17.2 Å². The first-order valence-electron chi connectivity index (χ1n) is 4.53. The van der Waals surface area contributed by atoms with Crippen molar-refractivity contribution in [1.82, 2.24) is 4.90 Å². The second kappa shape index (κ2) is 3.51. The summed E-state index contributed by atoms with van der Waals surface area (Å²) in [6, 6.07) is 9.95. The second-order valence-corrected chi connectivity index (χ2v) is 3.45. The quantitative estimate of drug-likeness (QED) is 0.666. The average molecular weight is 185 g/mol. The van der Waals surface area contributed by atoms with E-state index in [1.165, 1.54) is 5.56 Å². The monoisotopic (exact) mass is 185 g/mol. The van der Waals surface area contributed by atoms with Crippen molar-refractivity contribution in [1.29, 1.82) is 5.26 Å². The minimum absolute atomic E-state index is 0.229. The number of aliphatic imine (C=N–C) groups is 1. The van der Waals surface area contributed by atoms with E-state index in [1.54, 1.807) is 0 Å². The van der Waals surface area contributed by atoms with Crippen LogP contribution in [0.2, 0.25) is 0 Å². The van der Waals surface area contributed by atoms with Gasteiger partial charge in [-0.05, 0) is 17.7 Å². The van der Waals surface area contributed by atoms with Gasteiger partial charge >= 0.3 is 0 Å². The van der Waals surface area contributed by atoms with Gasteiger partial charge in [0.25, 0.3) is 0 Å². The Balaban J connectivity index is 2.19. The maximum absolute atomic E-state index is 8.65. The fourth-order valence-electron chi connectivity index (χ4n) is 1.53. The molecule has 1 atom stereocenters. The summed E-state index contributed by atoms with van der Waals surface area (Å²) in [6.07, 6.45) is 1.85. The molecule has 70 valence electrons. The summed E-state index contributed by atoms with van der Waals surface area (Å²) >= 11 is 0. The Hall–Kier alpha value is -1.82. The first-order chi connectivity index (χ1) is 6.79. The van der Waals surface area contributed by atoms with Gasteiger partial charge in [0.1, 0.15) is 0 Å². The van der Waals surface area contributed by atoms with Crippen LogP contribution in [0, 0.1) is 11.3 Å². The maximum Gasteiger partial charge on any atom is 0.0991 e. The average Bonchev–Trinajstić information content (AvgIpc) is 2.65. The fourth-order valence-corrected chi connectivity index (χ4v) is 1.53. The first-order valence-corrected chi connectivity index (χ1v) is 4.53. The van der Waals surface area contributed by atoms with Gasteiger partial charge in [-0.2, -0.15) is 5.26 Å². The van der Waals surface area contributed by atoms with E-state index in [-0.39, 0.29) is 6.04 Å². The summed E-state index contributed by atoms with van der Waals surface area (Å²) < 4.78 is 0. The van der Waals surface area contributed by atoms with Crippen LogP contribution in [0.15, 0.2) is 29.3 Å². The maximum atomic E-state index is 8.65. The van der Waals surface area contributed by atoms with Crippen molar-refractivity contribution in [2.24, 2.45) is 4.99 Å². The summed E-state index contributed by atoms with van der Waals surface area (Å²) in [4.78, 5) is 6.42. The largest absolute Gasteiger partial charge is 0.363 e. The van der Waals surface area contributed by atoms with E-state index in [1.807, 2.05) is 37.7 Å². The van der Waals surface area contributed by atoms with E-state index in [9.17, 15) is 0 Å². The van der Waals surface area contributed by atoms with Crippen LogP contribution in [-0.2, 0) is 0 Å². The molecule has 0 N–H and O–H groups in total. The summed E-state index contributed by atoms with van der Waals surface area (Å²) in [6.45, 7) is 0.923. The van der Waals surface area contributed by atoms with Crippen LogP contribution >= 0.6 is 0 Å². The second-order valence-electron chi connectivity index (χ2n) is 3.45. The molecule has 0 aromatic heterocycles. The van der Waals surface area contributed by atoms with Crippen LogP contribution < -0.4 is 0 Å². The number of likely N-dealkylation sites (N-methyl/N-ethyl adjacent to an activating group) is 1. The zero-order valence-electron chi connectivity index (χ0n) is 8.01. The standard InChI is InChI=1S/C11H11N3/c1-14-7-11(13-8-14)10-4-2-9(6-12)3-5-10/h2-5,8,11H,7H2,1H3. The van der Waals surface area contributed by atoms with E-state index in [2.05, 4.69) is 16.0 Å². The van der Waals surface area contributed by atoms with Gasteiger partial charge in [-0.1, -0.05) is 12.1 Å². The van der Waals surface area contributed by atoms with Gasteiger partial charge in [0, 0.05) is 13.6 Å². The Bertz CT molecular complexity index is 386. The third-order valence-electron chi connectivity index (χ3n) is 2.33. The Labute approximate surface area is 83.3 Å². The van der Waals surface area contributed by atoms with Crippen molar-refractivity contribution >= 4 is 6.34 Å². The normalized spacial score (nSPS) is 19.7. The minimum Gasteiger partial charge on any atom is -0.363 e. The fraction of sp³-hybridized carbons (Fsp3) is 0.273. The molecule has 0 amide bonds. The zero-order valence-corrected chi connectivity index (χ0v) is 8.01. The molecule has 3 nitrogen and oxygen atoms in total. The Morgan fingerprint density at radius 3 is 2.64 bits per heavy atom. The van der Waals surface area contributed by atoms with Crippen molar-refractivity contribution in [3.63, 3.8) is 0 Å². The molecule has 2 rings (SSSR count). The molecule has 0 saturated heterocycles. The van der Waals surface area contributed by atoms with Crippen molar-refractivity contribution in [2.75, 3.05) is 13.6 Å². The summed E-state index contributed by atoms with van der Waals surface area (Å²) in [5.74, 6) is 0. The number of nitrogens with zero attached hydrogens (tertiary/aromatic N) is 3. The zero-order chi connectivity index (χ0) is 9.97. The molecule has 1 unspecified atom stereocenters. The molecule has 1 aliphatic heterocycles. The first kappa shape index (κ1) is 8.76. The highest BCUT2D eigenvalue weighted by atomic mass is 15.2. The molecule has 14 heavy (non-hydrogen) atoms. The minimum atomic E-state index is 0.229. The highest BCUT2D eigenvalue weighted by Gasteiger charge is 2.15. The van der Waals surface area contributed by atoms with Crippen LogP contribution in [0.25, 0.3) is 0 Å². The molecule has 1 aromatic carbocycles. The lowest BCUT2D eigenvalue weighted by atomic mass is 10.1. The van der Waals surface area contributed by atoms with E-state index < -0.39 is 0 Å². The van der Waals surface area contributed by atoms with Gasteiger partial charge in [-0.15, -0.1) is 0 Å². The molecule has 1 heterocycles. The summed E-state index contributed by atoms with van der Waals surface area (Å²) in [5.41, 5.74) is 1.87. The Kier molecular flexibility index (Phi) is 2.19. The highest BCUT2D eigenvalue weighted by molar-refractivity contribution is 5.58. The van der Waals surface area contributed by atoms with E-state index >= 15 is 0 Å².